The Bertz CT molecular complexity index is 54.4. The van der Waals surface area contributed by atoms with Crippen molar-refractivity contribution in [3.05, 3.63) is 0 Å². The Morgan fingerprint density at radius 2 is 0.933 bits per heavy atom. The molecule has 0 fully saturated rings. The average molecular weight is 237 g/mol. The van der Waals surface area contributed by atoms with Crippen molar-refractivity contribution in [1.29, 1.82) is 0 Å². The summed E-state index contributed by atoms with van der Waals surface area (Å²) >= 11 is 5.30. The van der Waals surface area contributed by atoms with Gasteiger partial charge in [0.2, 0.25) is 0 Å². The molecule has 0 saturated heterocycles. The maximum Gasteiger partial charge on any atom is 0.0223 e. The van der Waals surface area contributed by atoms with Gasteiger partial charge in [-0.3, -0.25) is 0 Å². The second-order valence-corrected chi connectivity index (χ2v) is 3.83. The van der Waals surface area contributed by atoms with Gasteiger partial charge in [0, 0.05) is 5.88 Å². The number of hydrogen-bond donors (Lipinski definition) is 0. The zero-order chi connectivity index (χ0) is 12.4. The first kappa shape index (κ1) is 20.7. The quantitative estimate of drug-likeness (QED) is 0.354. The molecule has 0 aliphatic rings. The number of halogens is 1. The van der Waals surface area contributed by atoms with E-state index in [1.165, 1.54) is 44.9 Å². The van der Waals surface area contributed by atoms with E-state index in [9.17, 15) is 0 Å². The maximum absolute atomic E-state index is 5.30. The standard InChI is InChI=1S/C8H18.C4H9Cl.C2H6/c1-3-5-7-8-6-4-2;1-2-3-4-5;1-2/h3-8H2,1-2H3;2-4H2,1H3;1-2H3. The predicted octanol–water partition coefficient (Wildman–Crippen LogP) is 6.42. The van der Waals surface area contributed by atoms with Gasteiger partial charge >= 0.3 is 0 Å². The van der Waals surface area contributed by atoms with Crippen LogP contribution >= 0.6 is 11.6 Å². The molecular weight excluding hydrogens is 204 g/mol. The van der Waals surface area contributed by atoms with Crippen LogP contribution in [0.5, 0.6) is 0 Å². The molecule has 0 rings (SSSR count). The Morgan fingerprint density at radius 1 is 0.600 bits per heavy atom. The fourth-order valence-electron chi connectivity index (χ4n) is 0.987. The van der Waals surface area contributed by atoms with E-state index in [0.29, 0.717) is 0 Å². The fraction of sp³-hybridized carbons (Fsp3) is 1.00. The Morgan fingerprint density at radius 3 is 1.07 bits per heavy atom. The summed E-state index contributed by atoms with van der Waals surface area (Å²) in [5, 5.41) is 0. The summed E-state index contributed by atoms with van der Waals surface area (Å²) in [7, 11) is 0. The molecule has 0 nitrogen and oxygen atoms in total. The highest BCUT2D eigenvalue weighted by Crippen LogP contribution is 2.03. The van der Waals surface area contributed by atoms with E-state index in [1.807, 2.05) is 13.8 Å². The van der Waals surface area contributed by atoms with Crippen LogP contribution in [-0.4, -0.2) is 5.88 Å². The van der Waals surface area contributed by atoms with E-state index in [-0.39, 0.29) is 0 Å². The van der Waals surface area contributed by atoms with Gasteiger partial charge in [0.15, 0.2) is 0 Å². The molecule has 0 radical (unpaired) electrons. The molecule has 0 aromatic heterocycles. The number of hydrogen-bond acceptors (Lipinski definition) is 0. The van der Waals surface area contributed by atoms with Gasteiger partial charge in [0.1, 0.15) is 0 Å². The molecule has 0 N–H and O–H groups in total. The van der Waals surface area contributed by atoms with Crippen molar-refractivity contribution in [3.8, 4) is 0 Å². The van der Waals surface area contributed by atoms with Crippen molar-refractivity contribution in [2.24, 2.45) is 0 Å². The van der Waals surface area contributed by atoms with Crippen molar-refractivity contribution in [1.82, 2.24) is 0 Å². The van der Waals surface area contributed by atoms with Crippen molar-refractivity contribution in [3.63, 3.8) is 0 Å². The van der Waals surface area contributed by atoms with E-state index >= 15 is 0 Å². The second kappa shape index (κ2) is 29.2. The van der Waals surface area contributed by atoms with E-state index < -0.39 is 0 Å². The van der Waals surface area contributed by atoms with Crippen LogP contribution in [0.1, 0.15) is 86.0 Å². The second-order valence-electron chi connectivity index (χ2n) is 3.46. The van der Waals surface area contributed by atoms with E-state index in [4.69, 9.17) is 11.6 Å². The fourth-order valence-corrected chi connectivity index (χ4v) is 1.25. The summed E-state index contributed by atoms with van der Waals surface area (Å²) < 4.78 is 0. The van der Waals surface area contributed by atoms with Crippen molar-refractivity contribution in [2.75, 3.05) is 5.88 Å². The summed E-state index contributed by atoms with van der Waals surface area (Å²) in [4.78, 5) is 0. The molecule has 15 heavy (non-hydrogen) atoms. The van der Waals surface area contributed by atoms with Gasteiger partial charge in [-0.25, -0.2) is 0 Å². The molecule has 0 amide bonds. The summed E-state index contributed by atoms with van der Waals surface area (Å²) in [6.07, 6.45) is 10.9. The van der Waals surface area contributed by atoms with Gasteiger partial charge in [-0.05, 0) is 6.42 Å². The van der Waals surface area contributed by atoms with Crippen LogP contribution in [0.4, 0.5) is 0 Å². The Kier molecular flexibility index (Phi) is 40.3. The molecule has 0 aliphatic carbocycles. The van der Waals surface area contributed by atoms with Crippen LogP contribution < -0.4 is 0 Å². The Hall–Kier alpha value is 0.290. The van der Waals surface area contributed by atoms with Gasteiger partial charge in [-0.1, -0.05) is 79.6 Å². The smallest absolute Gasteiger partial charge is 0.0223 e. The van der Waals surface area contributed by atoms with Crippen LogP contribution in [0.25, 0.3) is 0 Å². The van der Waals surface area contributed by atoms with Crippen LogP contribution in [0.2, 0.25) is 0 Å². The minimum atomic E-state index is 0.816. The van der Waals surface area contributed by atoms with Gasteiger partial charge in [-0.15, -0.1) is 11.6 Å². The molecule has 1 heteroatoms. The van der Waals surface area contributed by atoms with Crippen molar-refractivity contribution in [2.45, 2.75) is 86.0 Å². The number of rotatable bonds is 7. The maximum atomic E-state index is 5.30. The number of alkyl halides is 1. The minimum absolute atomic E-state index is 0.816. The number of unbranched alkanes of at least 4 members (excludes halogenated alkanes) is 6. The van der Waals surface area contributed by atoms with Crippen molar-refractivity contribution < 1.29 is 0 Å². The topological polar surface area (TPSA) is 0 Å². The first-order chi connectivity index (χ1) is 7.33. The largest absolute Gasteiger partial charge is 0.127 e. The molecule has 0 atom stereocenters. The molecule has 0 unspecified atom stereocenters. The highest BCUT2D eigenvalue weighted by molar-refractivity contribution is 6.17. The first-order valence-corrected chi connectivity index (χ1v) is 7.42. The Balaban J connectivity index is -0.000000177. The lowest BCUT2D eigenvalue weighted by Gasteiger charge is -1.93. The third-order valence-electron chi connectivity index (χ3n) is 1.94. The average Bonchev–Trinajstić information content (AvgIpc) is 2.29. The molecule has 0 bridgehead atoms. The highest BCUT2D eigenvalue weighted by Gasteiger charge is 1.83. The summed E-state index contributed by atoms with van der Waals surface area (Å²) in [5.74, 6) is 0.816. The summed E-state index contributed by atoms with van der Waals surface area (Å²) in [5.41, 5.74) is 0. The highest BCUT2D eigenvalue weighted by atomic mass is 35.5. The van der Waals surface area contributed by atoms with Gasteiger partial charge < -0.3 is 0 Å². The third-order valence-corrected chi connectivity index (χ3v) is 2.21. The zero-order valence-electron chi connectivity index (χ0n) is 11.7. The molecule has 0 aliphatic heterocycles. The molecule has 0 saturated carbocycles. The van der Waals surface area contributed by atoms with E-state index in [2.05, 4.69) is 20.8 Å². The Labute approximate surface area is 104 Å². The lowest BCUT2D eigenvalue weighted by atomic mass is 10.1. The normalized spacial score (nSPS) is 8.40. The molecule has 0 spiro atoms. The summed E-state index contributed by atoms with van der Waals surface area (Å²) in [6.45, 7) is 10.6. The van der Waals surface area contributed by atoms with Crippen LogP contribution in [0.15, 0.2) is 0 Å². The first-order valence-electron chi connectivity index (χ1n) is 6.89. The van der Waals surface area contributed by atoms with Gasteiger partial charge in [0.25, 0.3) is 0 Å². The SMILES string of the molecule is CC.CCCCCCCC.CCCCCl. The lowest BCUT2D eigenvalue weighted by Crippen LogP contribution is -1.73. The van der Waals surface area contributed by atoms with Crippen LogP contribution in [0, 0.1) is 0 Å². The molecule has 0 aromatic carbocycles. The van der Waals surface area contributed by atoms with E-state index in [0.717, 1.165) is 12.3 Å². The third kappa shape index (κ3) is 40.6. The van der Waals surface area contributed by atoms with Gasteiger partial charge in [-0.2, -0.15) is 0 Å². The molecule has 0 aromatic rings. The van der Waals surface area contributed by atoms with E-state index in [1.54, 1.807) is 0 Å². The monoisotopic (exact) mass is 236 g/mol. The zero-order valence-corrected chi connectivity index (χ0v) is 12.5. The molecular formula is C14H33Cl. The molecule has 0 heterocycles. The minimum Gasteiger partial charge on any atom is -0.127 e. The lowest BCUT2D eigenvalue weighted by molar-refractivity contribution is 0.624. The van der Waals surface area contributed by atoms with Crippen LogP contribution in [-0.2, 0) is 0 Å². The van der Waals surface area contributed by atoms with Gasteiger partial charge in [0.05, 0.1) is 0 Å². The van der Waals surface area contributed by atoms with Crippen molar-refractivity contribution >= 4 is 11.6 Å². The predicted molar refractivity (Wildman–Crippen MR) is 76.0 cm³/mol. The molecule has 96 valence electrons. The summed E-state index contributed by atoms with van der Waals surface area (Å²) in [6, 6.07) is 0. The van der Waals surface area contributed by atoms with Crippen LogP contribution in [0.3, 0.4) is 0 Å².